The maximum Gasteiger partial charge on any atom is 0.419 e. The highest BCUT2D eigenvalue weighted by molar-refractivity contribution is 5.80. The minimum atomic E-state index is -4.48. The number of nitrogens with zero attached hydrogens (tertiary/aromatic N) is 3. The predicted octanol–water partition coefficient (Wildman–Crippen LogP) is 2.58. The van der Waals surface area contributed by atoms with Gasteiger partial charge in [0.1, 0.15) is 5.82 Å². The lowest BCUT2D eigenvalue weighted by Crippen LogP contribution is -2.53. The van der Waals surface area contributed by atoms with Crippen LogP contribution < -0.4 is 4.90 Å². The summed E-state index contributed by atoms with van der Waals surface area (Å²) in [6, 6.07) is 2.26. The molecule has 3 rings (SSSR count). The molecule has 0 aliphatic carbocycles. The Balaban J connectivity index is 1.73. The number of anilines is 1. The summed E-state index contributed by atoms with van der Waals surface area (Å²) in [5.74, 6) is -0.455. The van der Waals surface area contributed by atoms with E-state index in [1.807, 2.05) is 4.90 Å². The molecule has 6 nitrogen and oxygen atoms in total. The number of methoxy groups -OCH3 is 1. The molecule has 156 valence electrons. The number of ether oxygens (including phenoxy) is 2. The Labute approximate surface area is 162 Å². The average molecular weight is 401 g/mol. The molecule has 0 bridgehead atoms. The molecular weight excluding hydrogens is 375 g/mol. The van der Waals surface area contributed by atoms with Gasteiger partial charge < -0.3 is 19.3 Å². The molecule has 0 spiro atoms. The first-order valence-electron chi connectivity index (χ1n) is 9.56. The largest absolute Gasteiger partial charge is 0.419 e. The maximum absolute atomic E-state index is 13.4. The van der Waals surface area contributed by atoms with Crippen LogP contribution in [0.25, 0.3) is 0 Å². The Kier molecular flexibility index (Phi) is 6.77. The maximum atomic E-state index is 13.4. The zero-order valence-corrected chi connectivity index (χ0v) is 16.0. The monoisotopic (exact) mass is 401 g/mol. The molecule has 0 N–H and O–H groups in total. The lowest BCUT2D eigenvalue weighted by atomic mass is 9.95. The Morgan fingerprint density at radius 3 is 2.96 bits per heavy atom. The van der Waals surface area contributed by atoms with Crippen LogP contribution in [0.15, 0.2) is 18.3 Å². The van der Waals surface area contributed by atoms with Crippen LogP contribution in [0, 0.1) is 5.92 Å². The lowest BCUT2D eigenvalue weighted by molar-refractivity contribution is -0.145. The van der Waals surface area contributed by atoms with E-state index < -0.39 is 11.7 Å². The molecule has 2 aliphatic heterocycles. The van der Waals surface area contributed by atoms with Crippen LogP contribution >= 0.6 is 0 Å². The van der Waals surface area contributed by atoms with E-state index in [-0.39, 0.29) is 30.2 Å². The summed E-state index contributed by atoms with van der Waals surface area (Å²) in [7, 11) is 1.61. The molecule has 9 heteroatoms. The third-order valence-electron chi connectivity index (χ3n) is 5.33. The van der Waals surface area contributed by atoms with E-state index in [2.05, 4.69) is 4.98 Å². The van der Waals surface area contributed by atoms with Gasteiger partial charge in [0, 0.05) is 39.5 Å². The highest BCUT2D eigenvalue weighted by Gasteiger charge is 2.39. The van der Waals surface area contributed by atoms with E-state index in [0.717, 1.165) is 6.07 Å². The van der Waals surface area contributed by atoms with Crippen molar-refractivity contribution in [1.82, 2.24) is 9.88 Å². The number of morpholine rings is 1. The molecule has 1 aromatic heterocycles. The number of carbonyl (C=O) groups is 1. The molecule has 2 atom stereocenters. The summed E-state index contributed by atoms with van der Waals surface area (Å²) in [5, 5.41) is 0. The molecule has 0 aromatic carbocycles. The van der Waals surface area contributed by atoms with E-state index >= 15 is 0 Å². The van der Waals surface area contributed by atoms with E-state index in [1.54, 1.807) is 12.0 Å². The molecule has 3 heterocycles. The van der Waals surface area contributed by atoms with Gasteiger partial charge in [0.15, 0.2) is 0 Å². The minimum Gasteiger partial charge on any atom is -0.385 e. The Bertz CT molecular complexity index is 671. The van der Waals surface area contributed by atoms with Crippen LogP contribution in [-0.4, -0.2) is 68.4 Å². The topological polar surface area (TPSA) is 54.9 Å². The average Bonchev–Trinajstić information content (AvgIpc) is 2.71. The second kappa shape index (κ2) is 9.09. The van der Waals surface area contributed by atoms with Gasteiger partial charge in [-0.3, -0.25) is 4.79 Å². The van der Waals surface area contributed by atoms with Crippen LogP contribution in [0.1, 0.15) is 24.8 Å². The Morgan fingerprint density at radius 1 is 1.39 bits per heavy atom. The summed E-state index contributed by atoms with van der Waals surface area (Å²) in [5.41, 5.74) is -0.757. The molecule has 2 saturated heterocycles. The third kappa shape index (κ3) is 4.75. The molecular formula is C19H26F3N3O3. The normalized spacial score (nSPS) is 23.7. The number of amides is 1. The van der Waals surface area contributed by atoms with Crippen molar-refractivity contribution in [2.75, 3.05) is 51.5 Å². The van der Waals surface area contributed by atoms with Crippen LogP contribution in [-0.2, 0) is 20.4 Å². The van der Waals surface area contributed by atoms with E-state index in [4.69, 9.17) is 9.47 Å². The van der Waals surface area contributed by atoms with Gasteiger partial charge in [-0.25, -0.2) is 4.98 Å². The number of hydrogen-bond donors (Lipinski definition) is 0. The number of aromatic nitrogens is 1. The molecule has 2 aliphatic rings. The Hall–Kier alpha value is -1.87. The number of carbonyl (C=O) groups excluding carboxylic acids is 1. The van der Waals surface area contributed by atoms with E-state index in [0.29, 0.717) is 52.2 Å². The third-order valence-corrected chi connectivity index (χ3v) is 5.33. The molecule has 28 heavy (non-hydrogen) atoms. The second-order valence-electron chi connectivity index (χ2n) is 7.20. The van der Waals surface area contributed by atoms with Gasteiger partial charge in [-0.1, -0.05) is 0 Å². The second-order valence-corrected chi connectivity index (χ2v) is 7.20. The van der Waals surface area contributed by atoms with Crippen molar-refractivity contribution >= 4 is 11.7 Å². The molecule has 2 fully saturated rings. The molecule has 1 amide bonds. The standard InChI is InChI=1S/C19H26F3N3O3/c1-27-10-6-15-13-28-11-9-25(15)18(26)14-4-3-8-24(12-14)17-16(19(20,21)22)5-2-7-23-17/h2,5,7,14-15H,3-4,6,8-13H2,1H3/t14-,15+/m1/s1. The molecule has 0 unspecified atom stereocenters. The highest BCUT2D eigenvalue weighted by Crippen LogP contribution is 2.36. The van der Waals surface area contributed by atoms with Gasteiger partial charge in [-0.05, 0) is 31.4 Å². The van der Waals surface area contributed by atoms with Crippen molar-refractivity contribution < 1.29 is 27.4 Å². The van der Waals surface area contributed by atoms with Crippen molar-refractivity contribution in [3.8, 4) is 0 Å². The lowest BCUT2D eigenvalue weighted by Gasteiger charge is -2.40. The first-order valence-corrected chi connectivity index (χ1v) is 9.56. The summed E-state index contributed by atoms with van der Waals surface area (Å²) in [4.78, 5) is 20.5. The number of alkyl halides is 3. The zero-order valence-electron chi connectivity index (χ0n) is 16.0. The minimum absolute atomic E-state index is 0.0152. The number of halogens is 3. The zero-order chi connectivity index (χ0) is 20.1. The molecule has 0 radical (unpaired) electrons. The van der Waals surface area contributed by atoms with E-state index in [9.17, 15) is 18.0 Å². The van der Waals surface area contributed by atoms with Crippen molar-refractivity contribution in [2.45, 2.75) is 31.5 Å². The van der Waals surface area contributed by atoms with Crippen molar-refractivity contribution in [3.63, 3.8) is 0 Å². The number of rotatable bonds is 5. The van der Waals surface area contributed by atoms with Gasteiger partial charge in [0.2, 0.25) is 5.91 Å². The fourth-order valence-corrected chi connectivity index (χ4v) is 3.91. The fourth-order valence-electron chi connectivity index (χ4n) is 3.91. The summed E-state index contributed by atoms with van der Waals surface area (Å²) in [6.07, 6.45) is -1.12. The predicted molar refractivity (Wildman–Crippen MR) is 97.0 cm³/mol. The van der Waals surface area contributed by atoms with Crippen LogP contribution in [0.2, 0.25) is 0 Å². The van der Waals surface area contributed by atoms with Gasteiger partial charge in [-0.15, -0.1) is 0 Å². The Morgan fingerprint density at radius 2 is 2.21 bits per heavy atom. The number of piperidine rings is 1. The van der Waals surface area contributed by atoms with Crippen molar-refractivity contribution in [3.05, 3.63) is 23.9 Å². The van der Waals surface area contributed by atoms with Crippen molar-refractivity contribution in [1.29, 1.82) is 0 Å². The van der Waals surface area contributed by atoms with Gasteiger partial charge in [0.25, 0.3) is 0 Å². The van der Waals surface area contributed by atoms with Crippen LogP contribution in [0.5, 0.6) is 0 Å². The van der Waals surface area contributed by atoms with E-state index in [1.165, 1.54) is 12.3 Å². The first-order chi connectivity index (χ1) is 13.4. The van der Waals surface area contributed by atoms with Crippen LogP contribution in [0.3, 0.4) is 0 Å². The van der Waals surface area contributed by atoms with Crippen molar-refractivity contribution in [2.24, 2.45) is 5.92 Å². The summed E-state index contributed by atoms with van der Waals surface area (Å²) >= 11 is 0. The smallest absolute Gasteiger partial charge is 0.385 e. The first kappa shape index (κ1) is 20.9. The van der Waals surface area contributed by atoms with Gasteiger partial charge in [-0.2, -0.15) is 13.2 Å². The van der Waals surface area contributed by atoms with Gasteiger partial charge >= 0.3 is 6.18 Å². The van der Waals surface area contributed by atoms with Crippen LogP contribution in [0.4, 0.5) is 19.0 Å². The molecule has 0 saturated carbocycles. The number of hydrogen-bond acceptors (Lipinski definition) is 5. The van der Waals surface area contributed by atoms with Gasteiger partial charge in [0.05, 0.1) is 30.7 Å². The SMILES string of the molecule is COCC[C@H]1COCCN1C(=O)[C@@H]1CCCN(c2ncccc2C(F)(F)F)C1. The quantitative estimate of drug-likeness (QED) is 0.759. The highest BCUT2D eigenvalue weighted by atomic mass is 19.4. The fraction of sp³-hybridized carbons (Fsp3) is 0.684. The summed E-state index contributed by atoms with van der Waals surface area (Å²) in [6.45, 7) is 2.67. The molecule has 1 aromatic rings. The summed E-state index contributed by atoms with van der Waals surface area (Å²) < 4.78 is 50.7. The number of pyridine rings is 1.